The largest absolute Gasteiger partial charge is 0.465 e. The van der Waals surface area contributed by atoms with E-state index < -0.39 is 6.09 Å². The number of fused-ring (bicyclic) bond motifs is 2. The molecular formula is C27H25FN6O3. The fraction of sp³-hybridized carbons (Fsp3) is 0.185. The summed E-state index contributed by atoms with van der Waals surface area (Å²) in [4.78, 5) is 34.4. The molecule has 188 valence electrons. The van der Waals surface area contributed by atoms with E-state index >= 15 is 0 Å². The molecule has 0 atom stereocenters. The molecule has 0 aliphatic rings. The molecule has 37 heavy (non-hydrogen) atoms. The van der Waals surface area contributed by atoms with E-state index in [0.717, 1.165) is 15.8 Å². The van der Waals surface area contributed by atoms with Gasteiger partial charge in [0.2, 0.25) is 5.95 Å². The second-order valence-corrected chi connectivity index (χ2v) is 9.07. The Morgan fingerprint density at radius 2 is 1.81 bits per heavy atom. The molecule has 0 aliphatic heterocycles. The predicted molar refractivity (Wildman–Crippen MR) is 141 cm³/mol. The molecular weight excluding hydrogens is 475 g/mol. The number of rotatable bonds is 7. The van der Waals surface area contributed by atoms with Crippen molar-refractivity contribution in [2.24, 2.45) is 0 Å². The molecule has 5 rings (SSSR count). The molecule has 0 saturated heterocycles. The van der Waals surface area contributed by atoms with Gasteiger partial charge < -0.3 is 15.0 Å². The van der Waals surface area contributed by atoms with Gasteiger partial charge in [-0.25, -0.2) is 24.2 Å². The van der Waals surface area contributed by atoms with Gasteiger partial charge in [-0.05, 0) is 55.6 Å². The molecule has 0 spiro atoms. The van der Waals surface area contributed by atoms with Gasteiger partial charge in [0, 0.05) is 30.5 Å². The Labute approximate surface area is 211 Å². The van der Waals surface area contributed by atoms with Crippen molar-refractivity contribution in [3.8, 4) is 11.1 Å². The molecule has 0 bridgehead atoms. The van der Waals surface area contributed by atoms with E-state index in [1.165, 1.54) is 6.07 Å². The molecule has 3 N–H and O–H groups in total. The average Bonchev–Trinajstić information content (AvgIpc) is 3.29. The summed E-state index contributed by atoms with van der Waals surface area (Å²) in [6.45, 7) is 0.783. The van der Waals surface area contributed by atoms with Crippen LogP contribution in [-0.4, -0.2) is 63.4 Å². The van der Waals surface area contributed by atoms with Crippen LogP contribution in [0.25, 0.3) is 32.9 Å². The second-order valence-electron chi connectivity index (χ2n) is 9.07. The van der Waals surface area contributed by atoms with Crippen LogP contribution in [0.4, 0.5) is 15.1 Å². The molecule has 9 nitrogen and oxygen atoms in total. The number of amides is 1. The van der Waals surface area contributed by atoms with E-state index in [9.17, 15) is 19.1 Å². The summed E-state index contributed by atoms with van der Waals surface area (Å²) < 4.78 is 14.9. The van der Waals surface area contributed by atoms with Crippen molar-refractivity contribution in [3.05, 3.63) is 88.1 Å². The Hall–Kier alpha value is -4.57. The minimum atomic E-state index is -1.11. The van der Waals surface area contributed by atoms with Crippen molar-refractivity contribution >= 4 is 33.8 Å². The Balaban J connectivity index is 1.48. The van der Waals surface area contributed by atoms with Crippen molar-refractivity contribution in [1.29, 1.82) is 0 Å². The standard InChI is InChI=1S/C27H25FN6O3/c1-33(2)11-12-34(27(36)37)26-29-22-10-8-17(15-24(22)30-26)20-13-16(7-9-21(20)28)14-23-18-5-3-4-6-19(18)25(35)32-31-23/h3-10,13,15H,11-12,14H2,1-2H3,(H,29,30)(H,32,35)(H,36,37). The Morgan fingerprint density at radius 1 is 1.03 bits per heavy atom. The highest BCUT2D eigenvalue weighted by atomic mass is 19.1. The number of nitrogens with one attached hydrogen (secondary N) is 2. The lowest BCUT2D eigenvalue weighted by Gasteiger charge is -2.18. The Morgan fingerprint density at radius 3 is 2.57 bits per heavy atom. The second kappa shape index (κ2) is 9.82. The quantitative estimate of drug-likeness (QED) is 0.308. The lowest BCUT2D eigenvalue weighted by atomic mass is 9.98. The SMILES string of the molecule is CN(C)CCN(C(=O)O)c1nc2ccc(-c3cc(Cc4n[nH]c(=O)c5ccccc45)ccc3F)cc2[nH]1. The summed E-state index contributed by atoms with van der Waals surface area (Å²) in [5.41, 5.74) is 3.45. The van der Waals surface area contributed by atoms with Crippen LogP contribution in [0, 0.1) is 5.82 Å². The number of carboxylic acid groups (broad SMARTS) is 1. The molecule has 10 heteroatoms. The van der Waals surface area contributed by atoms with Gasteiger partial charge in [-0.3, -0.25) is 4.79 Å². The van der Waals surface area contributed by atoms with Crippen LogP contribution in [0.5, 0.6) is 0 Å². The molecule has 1 amide bonds. The van der Waals surface area contributed by atoms with Crippen LogP contribution in [-0.2, 0) is 6.42 Å². The van der Waals surface area contributed by atoms with E-state index in [0.29, 0.717) is 46.2 Å². The number of nitrogens with zero attached hydrogens (tertiary/aromatic N) is 4. The van der Waals surface area contributed by atoms with Crippen LogP contribution in [0.15, 0.2) is 65.5 Å². The normalized spacial score (nSPS) is 11.5. The van der Waals surface area contributed by atoms with Gasteiger partial charge in [-0.1, -0.05) is 30.3 Å². The molecule has 2 aromatic heterocycles. The first-order chi connectivity index (χ1) is 17.8. The zero-order valence-corrected chi connectivity index (χ0v) is 20.3. The molecule has 0 unspecified atom stereocenters. The first-order valence-electron chi connectivity index (χ1n) is 11.7. The summed E-state index contributed by atoms with van der Waals surface area (Å²) in [5.74, 6) is -0.174. The average molecular weight is 501 g/mol. The van der Waals surface area contributed by atoms with Crippen LogP contribution >= 0.6 is 0 Å². The third-order valence-corrected chi connectivity index (χ3v) is 6.22. The lowest BCUT2D eigenvalue weighted by molar-refractivity contribution is 0.200. The first-order valence-corrected chi connectivity index (χ1v) is 11.7. The van der Waals surface area contributed by atoms with E-state index in [-0.39, 0.29) is 23.9 Å². The highest BCUT2D eigenvalue weighted by Crippen LogP contribution is 2.29. The van der Waals surface area contributed by atoms with E-state index in [1.54, 1.807) is 42.5 Å². The molecule has 5 aromatic rings. The van der Waals surface area contributed by atoms with E-state index in [2.05, 4.69) is 20.2 Å². The summed E-state index contributed by atoms with van der Waals surface area (Å²) in [5, 5.41) is 17.7. The van der Waals surface area contributed by atoms with Crippen molar-refractivity contribution in [2.75, 3.05) is 32.1 Å². The number of hydrogen-bond acceptors (Lipinski definition) is 5. The first kappa shape index (κ1) is 24.1. The van der Waals surface area contributed by atoms with Crippen molar-refractivity contribution in [1.82, 2.24) is 25.1 Å². The van der Waals surface area contributed by atoms with Gasteiger partial charge >= 0.3 is 6.09 Å². The van der Waals surface area contributed by atoms with Gasteiger partial charge in [0.25, 0.3) is 5.56 Å². The zero-order valence-electron chi connectivity index (χ0n) is 20.3. The minimum absolute atomic E-state index is 0.215. The van der Waals surface area contributed by atoms with Gasteiger partial charge in [0.15, 0.2) is 0 Å². The number of H-pyrrole nitrogens is 2. The zero-order chi connectivity index (χ0) is 26.1. The number of carbonyl (C=O) groups is 1. The maximum absolute atomic E-state index is 14.9. The number of hydrogen-bond donors (Lipinski definition) is 3. The highest BCUT2D eigenvalue weighted by molar-refractivity contribution is 5.89. The lowest BCUT2D eigenvalue weighted by Crippen LogP contribution is -2.36. The molecule has 0 saturated carbocycles. The molecule has 0 radical (unpaired) electrons. The fourth-order valence-electron chi connectivity index (χ4n) is 4.29. The van der Waals surface area contributed by atoms with Gasteiger partial charge in [0.1, 0.15) is 5.82 Å². The molecule has 0 aliphatic carbocycles. The number of aromatic nitrogens is 4. The van der Waals surface area contributed by atoms with Gasteiger partial charge in [0.05, 0.1) is 22.1 Å². The third kappa shape index (κ3) is 4.91. The van der Waals surface area contributed by atoms with Crippen molar-refractivity contribution in [2.45, 2.75) is 6.42 Å². The van der Waals surface area contributed by atoms with E-state index in [4.69, 9.17) is 0 Å². The summed E-state index contributed by atoms with van der Waals surface area (Å²) in [6, 6.07) is 17.4. The van der Waals surface area contributed by atoms with Crippen molar-refractivity contribution < 1.29 is 14.3 Å². The summed E-state index contributed by atoms with van der Waals surface area (Å²) >= 11 is 0. The fourth-order valence-corrected chi connectivity index (χ4v) is 4.29. The molecule has 3 aromatic carbocycles. The maximum atomic E-state index is 14.9. The monoisotopic (exact) mass is 500 g/mol. The highest BCUT2D eigenvalue weighted by Gasteiger charge is 2.19. The van der Waals surface area contributed by atoms with Crippen LogP contribution < -0.4 is 10.5 Å². The molecule has 0 fully saturated rings. The van der Waals surface area contributed by atoms with E-state index in [1.807, 2.05) is 31.1 Å². The summed E-state index contributed by atoms with van der Waals surface area (Å²) in [6.07, 6.45) is -0.705. The molecule has 2 heterocycles. The number of likely N-dealkylation sites (N-methyl/N-ethyl adjacent to an activating group) is 1. The predicted octanol–water partition coefficient (Wildman–Crippen LogP) is 4.24. The topological polar surface area (TPSA) is 118 Å². The van der Waals surface area contributed by atoms with Crippen molar-refractivity contribution in [3.63, 3.8) is 0 Å². The number of imidazole rings is 1. The van der Waals surface area contributed by atoms with Crippen LogP contribution in [0.2, 0.25) is 0 Å². The van der Waals surface area contributed by atoms with Crippen LogP contribution in [0.1, 0.15) is 11.3 Å². The van der Waals surface area contributed by atoms with Gasteiger partial charge in [-0.2, -0.15) is 5.10 Å². The Kier molecular flexibility index (Phi) is 6.41. The number of halogens is 1. The van der Waals surface area contributed by atoms with Gasteiger partial charge in [-0.15, -0.1) is 0 Å². The number of benzene rings is 3. The summed E-state index contributed by atoms with van der Waals surface area (Å²) in [7, 11) is 3.73. The Bertz CT molecular complexity index is 1680. The number of anilines is 1. The maximum Gasteiger partial charge on any atom is 0.414 e. The minimum Gasteiger partial charge on any atom is -0.465 e. The third-order valence-electron chi connectivity index (χ3n) is 6.22. The van der Waals surface area contributed by atoms with Crippen LogP contribution in [0.3, 0.4) is 0 Å². The number of aromatic amines is 2. The smallest absolute Gasteiger partial charge is 0.414 e.